The van der Waals surface area contributed by atoms with Gasteiger partial charge < -0.3 is 15.5 Å². The number of amides is 1. The number of carboxylic acids is 1. The van der Waals surface area contributed by atoms with Crippen molar-refractivity contribution in [2.45, 2.75) is 25.7 Å². The summed E-state index contributed by atoms with van der Waals surface area (Å²) in [6.45, 7) is 0.763. The monoisotopic (exact) mass is 275 g/mol. The summed E-state index contributed by atoms with van der Waals surface area (Å²) >= 11 is 1.68. The van der Waals surface area contributed by atoms with Crippen molar-refractivity contribution in [3.63, 3.8) is 0 Å². The predicted molar refractivity (Wildman–Crippen MR) is 70.5 cm³/mol. The lowest BCUT2D eigenvalue weighted by molar-refractivity contribution is -0.146. The number of aliphatic hydroxyl groups excluding tert-OH is 1. The van der Waals surface area contributed by atoms with Crippen molar-refractivity contribution in [1.82, 2.24) is 5.32 Å². The third-order valence-electron chi connectivity index (χ3n) is 3.16. The first-order valence-corrected chi connectivity index (χ1v) is 7.51. The smallest absolute Gasteiger partial charge is 0.307 e. The number of rotatable bonds is 8. The second-order valence-corrected chi connectivity index (χ2v) is 5.69. The summed E-state index contributed by atoms with van der Waals surface area (Å²) in [5, 5.41) is 20.4. The quantitative estimate of drug-likeness (QED) is 0.568. The first kappa shape index (κ1) is 15.3. The number of carbonyl (C=O) groups excluding carboxylic acids is 1. The molecule has 5 nitrogen and oxygen atoms in total. The van der Waals surface area contributed by atoms with Crippen LogP contribution in [0.2, 0.25) is 0 Å². The van der Waals surface area contributed by atoms with Crippen LogP contribution in [0.1, 0.15) is 25.7 Å². The molecule has 3 N–H and O–H groups in total. The maximum atomic E-state index is 11.8. The standard InChI is InChI=1S/C12H21NO4S/c14-6-2-7-18-8-5-13-11(15)9-3-1-4-10(9)12(16)17/h9-10,14H,1-8H2,(H,13,15)(H,16,17). The van der Waals surface area contributed by atoms with Crippen molar-refractivity contribution in [1.29, 1.82) is 0 Å². The normalized spacial score (nSPS) is 22.9. The molecule has 2 atom stereocenters. The fourth-order valence-corrected chi connectivity index (χ4v) is 3.00. The van der Waals surface area contributed by atoms with Gasteiger partial charge in [-0.05, 0) is 25.0 Å². The van der Waals surface area contributed by atoms with E-state index in [1.54, 1.807) is 11.8 Å². The molecule has 1 rings (SSSR count). The van der Waals surface area contributed by atoms with Crippen molar-refractivity contribution >= 4 is 23.6 Å². The van der Waals surface area contributed by atoms with E-state index < -0.39 is 11.9 Å². The molecule has 18 heavy (non-hydrogen) atoms. The summed E-state index contributed by atoms with van der Waals surface area (Å²) in [5.41, 5.74) is 0. The molecule has 2 unspecified atom stereocenters. The molecule has 6 heteroatoms. The largest absolute Gasteiger partial charge is 0.481 e. The lowest BCUT2D eigenvalue weighted by Crippen LogP contribution is -2.36. The predicted octanol–water partition coefficient (Wildman–Crippen LogP) is 0.719. The van der Waals surface area contributed by atoms with E-state index in [-0.39, 0.29) is 18.4 Å². The van der Waals surface area contributed by atoms with Crippen molar-refractivity contribution in [2.24, 2.45) is 11.8 Å². The van der Waals surface area contributed by atoms with Gasteiger partial charge in [0, 0.05) is 18.9 Å². The molecule has 1 amide bonds. The van der Waals surface area contributed by atoms with Crippen molar-refractivity contribution in [2.75, 3.05) is 24.7 Å². The third kappa shape index (κ3) is 4.86. The van der Waals surface area contributed by atoms with E-state index >= 15 is 0 Å². The highest BCUT2D eigenvalue weighted by atomic mass is 32.2. The van der Waals surface area contributed by atoms with Gasteiger partial charge in [-0.3, -0.25) is 9.59 Å². The Morgan fingerprint density at radius 3 is 2.61 bits per heavy atom. The van der Waals surface area contributed by atoms with Crippen LogP contribution in [0, 0.1) is 11.8 Å². The van der Waals surface area contributed by atoms with Gasteiger partial charge >= 0.3 is 5.97 Å². The Balaban J connectivity index is 2.18. The summed E-state index contributed by atoms with van der Waals surface area (Å²) < 4.78 is 0. The maximum Gasteiger partial charge on any atom is 0.307 e. The first-order valence-electron chi connectivity index (χ1n) is 6.36. The Hall–Kier alpha value is -0.750. The average Bonchev–Trinajstić information content (AvgIpc) is 2.82. The SMILES string of the molecule is O=C(O)C1CCCC1C(=O)NCCSCCCO. The van der Waals surface area contributed by atoms with E-state index in [4.69, 9.17) is 10.2 Å². The van der Waals surface area contributed by atoms with Crippen LogP contribution in [0.3, 0.4) is 0 Å². The molecule has 0 aromatic heterocycles. The van der Waals surface area contributed by atoms with Gasteiger partial charge in [0.05, 0.1) is 11.8 Å². The number of thioether (sulfide) groups is 1. The molecule has 0 heterocycles. The van der Waals surface area contributed by atoms with Gasteiger partial charge in [0.15, 0.2) is 0 Å². The van der Waals surface area contributed by atoms with Gasteiger partial charge in [0.1, 0.15) is 0 Å². The molecular formula is C12H21NO4S. The van der Waals surface area contributed by atoms with Crippen molar-refractivity contribution in [3.05, 3.63) is 0 Å². The number of hydrogen-bond donors (Lipinski definition) is 3. The highest BCUT2D eigenvalue weighted by molar-refractivity contribution is 7.99. The minimum atomic E-state index is -0.857. The number of aliphatic hydroxyl groups is 1. The molecule has 1 saturated carbocycles. The number of nitrogens with one attached hydrogen (secondary N) is 1. The number of aliphatic carboxylic acids is 1. The summed E-state index contributed by atoms with van der Waals surface area (Å²) in [6.07, 6.45) is 2.88. The number of carbonyl (C=O) groups is 2. The zero-order valence-corrected chi connectivity index (χ0v) is 11.2. The van der Waals surface area contributed by atoms with Crippen LogP contribution < -0.4 is 5.32 Å². The summed E-state index contributed by atoms with van der Waals surface area (Å²) in [5.74, 6) is -0.159. The Bertz CT molecular complexity index is 285. The molecule has 0 bridgehead atoms. The van der Waals surface area contributed by atoms with Gasteiger partial charge in [-0.25, -0.2) is 0 Å². The van der Waals surface area contributed by atoms with E-state index in [2.05, 4.69) is 5.32 Å². The van der Waals surface area contributed by atoms with Gasteiger partial charge in [0.2, 0.25) is 5.91 Å². The molecule has 0 radical (unpaired) electrons. The van der Waals surface area contributed by atoms with Gasteiger partial charge in [-0.1, -0.05) is 6.42 Å². The molecule has 1 aliphatic carbocycles. The Morgan fingerprint density at radius 2 is 1.94 bits per heavy atom. The molecular weight excluding hydrogens is 254 g/mol. The molecule has 0 saturated heterocycles. The Labute approximate surface area is 111 Å². The van der Waals surface area contributed by atoms with Crippen LogP contribution in [-0.2, 0) is 9.59 Å². The van der Waals surface area contributed by atoms with Gasteiger partial charge in [-0.2, -0.15) is 11.8 Å². The van der Waals surface area contributed by atoms with Gasteiger partial charge in [-0.15, -0.1) is 0 Å². The van der Waals surface area contributed by atoms with Crippen LogP contribution in [-0.4, -0.2) is 46.7 Å². The summed E-state index contributed by atoms with van der Waals surface area (Å²) in [4.78, 5) is 22.8. The zero-order valence-electron chi connectivity index (χ0n) is 10.4. The Morgan fingerprint density at radius 1 is 1.22 bits per heavy atom. The molecule has 0 aliphatic heterocycles. The third-order valence-corrected chi connectivity index (χ3v) is 4.23. The number of hydrogen-bond acceptors (Lipinski definition) is 4. The minimum Gasteiger partial charge on any atom is -0.481 e. The zero-order chi connectivity index (χ0) is 13.4. The molecule has 1 fully saturated rings. The van der Waals surface area contributed by atoms with Gasteiger partial charge in [0.25, 0.3) is 0 Å². The first-order chi connectivity index (χ1) is 8.66. The lowest BCUT2D eigenvalue weighted by Gasteiger charge is -2.15. The van der Waals surface area contributed by atoms with E-state index in [1.165, 1.54) is 0 Å². The second-order valence-electron chi connectivity index (χ2n) is 4.46. The van der Waals surface area contributed by atoms with Crippen LogP contribution in [0.5, 0.6) is 0 Å². The van der Waals surface area contributed by atoms with Crippen LogP contribution >= 0.6 is 11.8 Å². The summed E-state index contributed by atoms with van der Waals surface area (Å²) in [6, 6.07) is 0. The van der Waals surface area contributed by atoms with Crippen molar-refractivity contribution < 1.29 is 19.8 Å². The topological polar surface area (TPSA) is 86.6 Å². The Kier molecular flexibility index (Phi) is 7.12. The summed E-state index contributed by atoms with van der Waals surface area (Å²) in [7, 11) is 0. The minimum absolute atomic E-state index is 0.123. The van der Waals surface area contributed by atoms with Crippen molar-refractivity contribution in [3.8, 4) is 0 Å². The van der Waals surface area contributed by atoms with E-state index in [9.17, 15) is 9.59 Å². The fourth-order valence-electron chi connectivity index (χ4n) is 2.22. The van der Waals surface area contributed by atoms with E-state index in [1.807, 2.05) is 0 Å². The van der Waals surface area contributed by atoms with E-state index in [0.717, 1.165) is 24.3 Å². The molecule has 0 spiro atoms. The number of carboxylic acid groups (broad SMARTS) is 1. The molecule has 0 aromatic rings. The highest BCUT2D eigenvalue weighted by Gasteiger charge is 2.37. The van der Waals surface area contributed by atoms with Crippen LogP contribution in [0.4, 0.5) is 0 Å². The molecule has 1 aliphatic rings. The molecule has 104 valence electrons. The fraction of sp³-hybridized carbons (Fsp3) is 0.833. The maximum absolute atomic E-state index is 11.8. The lowest BCUT2D eigenvalue weighted by atomic mass is 9.95. The average molecular weight is 275 g/mol. The highest BCUT2D eigenvalue weighted by Crippen LogP contribution is 2.31. The van der Waals surface area contributed by atoms with Crippen LogP contribution in [0.25, 0.3) is 0 Å². The van der Waals surface area contributed by atoms with E-state index in [0.29, 0.717) is 19.4 Å². The molecule has 0 aromatic carbocycles. The second kappa shape index (κ2) is 8.37. The van der Waals surface area contributed by atoms with Crippen LogP contribution in [0.15, 0.2) is 0 Å².